The topological polar surface area (TPSA) is 56.7 Å². The van der Waals surface area contributed by atoms with E-state index < -0.39 is 0 Å². The molecular weight excluding hydrogens is 260 g/mol. The molecule has 0 amide bonds. The summed E-state index contributed by atoms with van der Waals surface area (Å²) in [6.45, 7) is 4.79. The monoisotopic (exact) mass is 274 g/mol. The second-order valence-electron chi connectivity index (χ2n) is 4.39. The van der Waals surface area contributed by atoms with Crippen molar-refractivity contribution < 1.29 is 4.52 Å². The summed E-state index contributed by atoms with van der Waals surface area (Å²) in [5.41, 5.74) is 2.18. The van der Waals surface area contributed by atoms with E-state index >= 15 is 0 Å². The van der Waals surface area contributed by atoms with Crippen LogP contribution in [0.1, 0.15) is 17.3 Å². The summed E-state index contributed by atoms with van der Waals surface area (Å²) in [6.07, 6.45) is 0.695. The first-order valence-corrected chi connectivity index (χ1v) is 6.98. The molecule has 19 heavy (non-hydrogen) atoms. The Bertz CT molecular complexity index is 669. The van der Waals surface area contributed by atoms with Crippen molar-refractivity contribution in [2.24, 2.45) is 0 Å². The van der Waals surface area contributed by atoms with Crippen LogP contribution in [0.2, 0.25) is 0 Å². The molecule has 3 heterocycles. The zero-order chi connectivity index (χ0) is 13.2. The third kappa shape index (κ3) is 2.58. The van der Waals surface area contributed by atoms with E-state index in [1.54, 1.807) is 11.3 Å². The van der Waals surface area contributed by atoms with Crippen LogP contribution >= 0.6 is 11.3 Å². The van der Waals surface area contributed by atoms with Crippen molar-refractivity contribution in [3.05, 3.63) is 40.9 Å². The molecular formula is C13H14N4OS. The summed E-state index contributed by atoms with van der Waals surface area (Å²) < 4.78 is 7.22. The van der Waals surface area contributed by atoms with Gasteiger partial charge in [0.1, 0.15) is 0 Å². The van der Waals surface area contributed by atoms with E-state index in [2.05, 4.69) is 21.3 Å². The van der Waals surface area contributed by atoms with Crippen LogP contribution in [0.5, 0.6) is 0 Å². The summed E-state index contributed by atoms with van der Waals surface area (Å²) in [5.74, 6) is 1.31. The first-order chi connectivity index (χ1) is 9.22. The lowest BCUT2D eigenvalue weighted by atomic mass is 10.4. The summed E-state index contributed by atoms with van der Waals surface area (Å²) >= 11 is 1.61. The lowest BCUT2D eigenvalue weighted by Gasteiger charge is -2.00. The van der Waals surface area contributed by atoms with Gasteiger partial charge in [-0.15, -0.1) is 11.3 Å². The first kappa shape index (κ1) is 12.1. The molecule has 0 N–H and O–H groups in total. The Kier molecular flexibility index (Phi) is 3.16. The van der Waals surface area contributed by atoms with E-state index in [0.717, 1.165) is 22.8 Å². The minimum Gasteiger partial charge on any atom is -0.339 e. The number of thiophene rings is 1. The molecule has 3 aromatic heterocycles. The van der Waals surface area contributed by atoms with Gasteiger partial charge in [0.2, 0.25) is 11.7 Å². The maximum absolute atomic E-state index is 5.26. The van der Waals surface area contributed by atoms with Gasteiger partial charge in [0.15, 0.2) is 0 Å². The van der Waals surface area contributed by atoms with Gasteiger partial charge in [-0.3, -0.25) is 4.68 Å². The van der Waals surface area contributed by atoms with Crippen molar-refractivity contribution in [1.29, 1.82) is 0 Å². The van der Waals surface area contributed by atoms with Gasteiger partial charge in [-0.25, -0.2) is 0 Å². The van der Waals surface area contributed by atoms with Crippen molar-refractivity contribution in [3.63, 3.8) is 0 Å². The molecule has 0 radical (unpaired) electrons. The predicted octanol–water partition coefficient (Wildman–Crippen LogP) is 2.85. The van der Waals surface area contributed by atoms with Crippen molar-refractivity contribution in [3.8, 4) is 10.7 Å². The molecule has 0 aliphatic rings. The highest BCUT2D eigenvalue weighted by Crippen LogP contribution is 2.21. The fraction of sp³-hybridized carbons (Fsp3) is 0.308. The molecule has 0 aliphatic heterocycles. The van der Waals surface area contributed by atoms with E-state index in [-0.39, 0.29) is 0 Å². The van der Waals surface area contributed by atoms with Crippen LogP contribution in [0.3, 0.4) is 0 Å². The Morgan fingerprint density at radius 2 is 2.26 bits per heavy atom. The molecule has 0 saturated heterocycles. The number of hydrogen-bond acceptors (Lipinski definition) is 5. The van der Waals surface area contributed by atoms with Gasteiger partial charge >= 0.3 is 0 Å². The SMILES string of the molecule is Cc1cc(C)n(CCc2nc(-c3cccs3)no2)n1. The molecule has 0 bridgehead atoms. The van der Waals surface area contributed by atoms with E-state index in [1.165, 1.54) is 0 Å². The van der Waals surface area contributed by atoms with Gasteiger partial charge in [0.25, 0.3) is 0 Å². The number of hydrogen-bond donors (Lipinski definition) is 0. The molecule has 0 atom stereocenters. The van der Waals surface area contributed by atoms with E-state index in [9.17, 15) is 0 Å². The van der Waals surface area contributed by atoms with Crippen molar-refractivity contribution in [2.45, 2.75) is 26.8 Å². The Morgan fingerprint density at radius 3 is 2.95 bits per heavy atom. The van der Waals surface area contributed by atoms with Gasteiger partial charge in [-0.1, -0.05) is 11.2 Å². The highest BCUT2D eigenvalue weighted by Gasteiger charge is 2.10. The summed E-state index contributed by atoms with van der Waals surface area (Å²) in [4.78, 5) is 5.42. The van der Waals surface area contributed by atoms with Gasteiger partial charge in [0, 0.05) is 18.7 Å². The van der Waals surface area contributed by atoms with Crippen molar-refractivity contribution in [2.75, 3.05) is 0 Å². The summed E-state index contributed by atoms with van der Waals surface area (Å²) in [5, 5.41) is 10.4. The number of nitrogens with zero attached hydrogens (tertiary/aromatic N) is 4. The normalized spacial score (nSPS) is 11.1. The van der Waals surface area contributed by atoms with E-state index in [1.807, 2.05) is 36.0 Å². The zero-order valence-electron chi connectivity index (χ0n) is 10.8. The van der Waals surface area contributed by atoms with Gasteiger partial charge in [0.05, 0.1) is 10.6 Å². The highest BCUT2D eigenvalue weighted by atomic mass is 32.1. The van der Waals surface area contributed by atoms with Crippen LogP contribution in [0.15, 0.2) is 28.1 Å². The second-order valence-corrected chi connectivity index (χ2v) is 5.34. The molecule has 0 unspecified atom stereocenters. The van der Waals surface area contributed by atoms with Gasteiger partial charge in [-0.2, -0.15) is 10.1 Å². The number of aromatic nitrogens is 4. The lowest BCUT2D eigenvalue weighted by molar-refractivity contribution is 0.368. The standard InChI is InChI=1S/C13H14N4OS/c1-9-8-10(2)17(15-9)6-5-12-14-13(16-18-12)11-4-3-7-19-11/h3-4,7-8H,5-6H2,1-2H3. The van der Waals surface area contributed by atoms with E-state index in [0.29, 0.717) is 18.1 Å². The molecule has 0 aliphatic carbocycles. The quantitative estimate of drug-likeness (QED) is 0.734. The van der Waals surface area contributed by atoms with Crippen molar-refractivity contribution >= 4 is 11.3 Å². The Balaban J connectivity index is 1.69. The lowest BCUT2D eigenvalue weighted by Crippen LogP contribution is -2.05. The second kappa shape index (κ2) is 4.97. The third-order valence-electron chi connectivity index (χ3n) is 2.85. The largest absolute Gasteiger partial charge is 0.339 e. The Morgan fingerprint density at radius 1 is 1.37 bits per heavy atom. The third-order valence-corrected chi connectivity index (χ3v) is 3.72. The molecule has 98 valence electrons. The zero-order valence-corrected chi connectivity index (χ0v) is 11.6. The molecule has 5 nitrogen and oxygen atoms in total. The first-order valence-electron chi connectivity index (χ1n) is 6.10. The molecule has 0 saturated carbocycles. The summed E-state index contributed by atoms with van der Waals surface area (Å²) in [7, 11) is 0. The fourth-order valence-corrected chi connectivity index (χ4v) is 2.61. The molecule has 3 rings (SSSR count). The molecule has 3 aromatic rings. The summed E-state index contributed by atoms with van der Waals surface area (Å²) in [6, 6.07) is 6.02. The molecule has 0 spiro atoms. The Labute approximate surface area is 114 Å². The fourth-order valence-electron chi connectivity index (χ4n) is 1.97. The smallest absolute Gasteiger partial charge is 0.228 e. The number of rotatable bonds is 4. The van der Waals surface area contributed by atoms with Crippen LogP contribution in [-0.4, -0.2) is 19.9 Å². The van der Waals surface area contributed by atoms with Crippen LogP contribution in [0.25, 0.3) is 10.7 Å². The minimum atomic E-state index is 0.649. The van der Waals surface area contributed by atoms with Crippen LogP contribution in [-0.2, 0) is 13.0 Å². The van der Waals surface area contributed by atoms with Gasteiger partial charge in [-0.05, 0) is 31.4 Å². The Hall–Kier alpha value is -1.95. The maximum Gasteiger partial charge on any atom is 0.228 e. The average Bonchev–Trinajstić information content (AvgIpc) is 3.07. The molecule has 6 heteroatoms. The van der Waals surface area contributed by atoms with Crippen LogP contribution in [0.4, 0.5) is 0 Å². The number of aryl methyl sites for hydroxylation is 4. The molecule has 0 fully saturated rings. The van der Waals surface area contributed by atoms with Crippen molar-refractivity contribution in [1.82, 2.24) is 19.9 Å². The average molecular weight is 274 g/mol. The highest BCUT2D eigenvalue weighted by molar-refractivity contribution is 7.13. The van der Waals surface area contributed by atoms with Crippen LogP contribution in [0, 0.1) is 13.8 Å². The molecule has 0 aromatic carbocycles. The van der Waals surface area contributed by atoms with Gasteiger partial charge < -0.3 is 4.52 Å². The maximum atomic E-state index is 5.26. The minimum absolute atomic E-state index is 0.649. The predicted molar refractivity (Wildman–Crippen MR) is 73.0 cm³/mol. The van der Waals surface area contributed by atoms with Crippen LogP contribution < -0.4 is 0 Å². The van der Waals surface area contributed by atoms with E-state index in [4.69, 9.17) is 4.52 Å².